The maximum Gasteiger partial charge on any atom is 0.240 e. The molecule has 0 aliphatic carbocycles. The zero-order valence-corrected chi connectivity index (χ0v) is 15.9. The molecule has 1 fully saturated rings. The Bertz CT molecular complexity index is 690. The summed E-state index contributed by atoms with van der Waals surface area (Å²) in [6.45, 7) is 9.55. The largest absolute Gasteiger partial charge is 0.337 e. The van der Waals surface area contributed by atoms with E-state index in [0.717, 1.165) is 31.1 Å². The first-order valence-electron chi connectivity index (χ1n) is 8.72. The van der Waals surface area contributed by atoms with Gasteiger partial charge in [0, 0.05) is 30.9 Å². The molecule has 7 nitrogen and oxygen atoms in total. The van der Waals surface area contributed by atoms with E-state index in [9.17, 15) is 4.79 Å². The van der Waals surface area contributed by atoms with E-state index in [1.807, 2.05) is 18.7 Å². The first-order chi connectivity index (χ1) is 11.9. The van der Waals surface area contributed by atoms with E-state index in [4.69, 9.17) is 0 Å². The van der Waals surface area contributed by atoms with Crippen LogP contribution in [0.1, 0.15) is 38.6 Å². The summed E-state index contributed by atoms with van der Waals surface area (Å²) < 4.78 is 2.11. The molecule has 3 heterocycles. The molecular formula is C17H26N6OS. The van der Waals surface area contributed by atoms with Gasteiger partial charge in [0.05, 0.1) is 12.9 Å². The number of nitrogens with one attached hydrogen (secondary N) is 1. The van der Waals surface area contributed by atoms with Crippen LogP contribution < -0.4 is 5.32 Å². The number of nitrogens with zero attached hydrogens (tertiary/aromatic N) is 5. The summed E-state index contributed by atoms with van der Waals surface area (Å²) in [7, 11) is 0. The predicted molar refractivity (Wildman–Crippen MR) is 98.6 cm³/mol. The number of carbonyl (C=O) groups is 1. The zero-order valence-electron chi connectivity index (χ0n) is 15.1. The minimum atomic E-state index is -0.0476. The van der Waals surface area contributed by atoms with E-state index >= 15 is 0 Å². The van der Waals surface area contributed by atoms with Gasteiger partial charge in [0.2, 0.25) is 11.0 Å². The van der Waals surface area contributed by atoms with Gasteiger partial charge >= 0.3 is 0 Å². The van der Waals surface area contributed by atoms with Crippen LogP contribution in [0.3, 0.4) is 0 Å². The van der Waals surface area contributed by atoms with Crippen molar-refractivity contribution in [2.75, 3.05) is 25.0 Å². The Morgan fingerprint density at radius 3 is 2.92 bits per heavy atom. The van der Waals surface area contributed by atoms with Crippen LogP contribution in [0.15, 0.2) is 18.7 Å². The number of amides is 1. The summed E-state index contributed by atoms with van der Waals surface area (Å²) in [4.78, 5) is 18.7. The van der Waals surface area contributed by atoms with Crippen LogP contribution in [0.4, 0.5) is 5.13 Å². The van der Waals surface area contributed by atoms with Gasteiger partial charge in [0.25, 0.3) is 0 Å². The number of hydrogen-bond acceptors (Lipinski definition) is 6. The Balaban J connectivity index is 1.49. The maximum atomic E-state index is 12.3. The minimum Gasteiger partial charge on any atom is -0.337 e. The van der Waals surface area contributed by atoms with Crippen molar-refractivity contribution in [3.05, 3.63) is 23.7 Å². The average molecular weight is 363 g/mol. The molecule has 0 bridgehead atoms. The summed E-state index contributed by atoms with van der Waals surface area (Å²) in [5, 5.41) is 12.7. The standard InChI is InChI=1S/C17H26N6OS/c1-17(2,3)15-20-21-16(25-15)19-14(24)11-22-7-4-5-13(9-22)10-23-8-6-18-12-23/h6,8,12-13H,4-5,7,9-11H2,1-3H3,(H,19,21,24)/t13-/m1/s1. The van der Waals surface area contributed by atoms with Gasteiger partial charge in [-0.25, -0.2) is 4.98 Å². The lowest BCUT2D eigenvalue weighted by atomic mass is 9.98. The highest BCUT2D eigenvalue weighted by atomic mass is 32.1. The summed E-state index contributed by atoms with van der Waals surface area (Å²) in [5.74, 6) is 0.546. The smallest absolute Gasteiger partial charge is 0.240 e. The van der Waals surface area contributed by atoms with E-state index in [-0.39, 0.29) is 11.3 Å². The molecule has 8 heteroatoms. The number of piperidine rings is 1. The number of carbonyl (C=O) groups excluding carboxylic acids is 1. The number of imidazole rings is 1. The Morgan fingerprint density at radius 1 is 1.40 bits per heavy atom. The molecule has 25 heavy (non-hydrogen) atoms. The maximum absolute atomic E-state index is 12.3. The summed E-state index contributed by atoms with van der Waals surface area (Å²) in [6, 6.07) is 0. The summed E-state index contributed by atoms with van der Waals surface area (Å²) >= 11 is 1.45. The molecule has 0 unspecified atom stereocenters. The quantitative estimate of drug-likeness (QED) is 0.884. The lowest BCUT2D eigenvalue weighted by Gasteiger charge is -2.32. The highest BCUT2D eigenvalue weighted by Crippen LogP contribution is 2.27. The lowest BCUT2D eigenvalue weighted by Crippen LogP contribution is -2.41. The second kappa shape index (κ2) is 7.61. The van der Waals surface area contributed by atoms with Crippen LogP contribution in [-0.4, -0.2) is 50.2 Å². The van der Waals surface area contributed by atoms with Gasteiger partial charge in [-0.1, -0.05) is 32.1 Å². The normalized spacial score (nSPS) is 19.1. The fraction of sp³-hybridized carbons (Fsp3) is 0.647. The van der Waals surface area contributed by atoms with Crippen molar-refractivity contribution < 1.29 is 4.79 Å². The number of anilines is 1. The Hall–Kier alpha value is -1.80. The number of hydrogen-bond donors (Lipinski definition) is 1. The SMILES string of the molecule is CC(C)(C)c1nnc(NC(=O)CN2CCC[C@@H](Cn3ccnc3)C2)s1. The van der Waals surface area contributed by atoms with Crippen LogP contribution in [0.25, 0.3) is 0 Å². The molecule has 0 spiro atoms. The average Bonchev–Trinajstić information content (AvgIpc) is 3.18. The van der Waals surface area contributed by atoms with Gasteiger partial charge in [-0.3, -0.25) is 15.0 Å². The van der Waals surface area contributed by atoms with Gasteiger partial charge in [0.1, 0.15) is 5.01 Å². The highest BCUT2D eigenvalue weighted by molar-refractivity contribution is 7.15. The molecule has 1 saturated heterocycles. The second-order valence-corrected chi connectivity index (χ2v) is 8.69. The van der Waals surface area contributed by atoms with Crippen molar-refractivity contribution in [1.82, 2.24) is 24.6 Å². The van der Waals surface area contributed by atoms with Crippen LogP contribution in [-0.2, 0) is 16.8 Å². The second-order valence-electron chi connectivity index (χ2n) is 7.71. The predicted octanol–water partition coefficient (Wildman–Crippen LogP) is 2.38. The van der Waals surface area contributed by atoms with Crippen molar-refractivity contribution in [3.63, 3.8) is 0 Å². The molecule has 136 valence electrons. The van der Waals surface area contributed by atoms with Crippen molar-refractivity contribution in [2.45, 2.75) is 45.6 Å². The van der Waals surface area contributed by atoms with Gasteiger partial charge < -0.3 is 4.57 Å². The summed E-state index contributed by atoms with van der Waals surface area (Å²) in [6.07, 6.45) is 7.98. The fourth-order valence-electron chi connectivity index (χ4n) is 3.08. The van der Waals surface area contributed by atoms with Crippen molar-refractivity contribution in [3.8, 4) is 0 Å². The Labute approximate surface area is 152 Å². The Morgan fingerprint density at radius 2 is 2.24 bits per heavy atom. The molecule has 3 rings (SSSR count). The molecule has 2 aromatic heterocycles. The first-order valence-corrected chi connectivity index (χ1v) is 9.54. The molecule has 1 N–H and O–H groups in total. The third kappa shape index (κ3) is 5.09. The van der Waals surface area contributed by atoms with Gasteiger partial charge in [-0.15, -0.1) is 10.2 Å². The minimum absolute atomic E-state index is 0.0140. The van der Waals surface area contributed by atoms with Crippen molar-refractivity contribution >= 4 is 22.4 Å². The topological polar surface area (TPSA) is 75.9 Å². The third-order valence-electron chi connectivity index (χ3n) is 4.31. The molecule has 0 radical (unpaired) electrons. The van der Waals surface area contributed by atoms with Crippen LogP contribution >= 0.6 is 11.3 Å². The molecule has 0 saturated carbocycles. The van der Waals surface area contributed by atoms with E-state index < -0.39 is 0 Å². The van der Waals surface area contributed by atoms with Crippen LogP contribution in [0.5, 0.6) is 0 Å². The highest BCUT2D eigenvalue weighted by Gasteiger charge is 2.23. The molecule has 1 amide bonds. The molecular weight excluding hydrogens is 336 g/mol. The van der Waals surface area contributed by atoms with Gasteiger partial charge in [-0.2, -0.15) is 0 Å². The van der Waals surface area contributed by atoms with Gasteiger partial charge in [-0.05, 0) is 25.3 Å². The van der Waals surface area contributed by atoms with Crippen LogP contribution in [0, 0.1) is 5.92 Å². The van der Waals surface area contributed by atoms with E-state index in [1.165, 1.54) is 17.8 Å². The number of rotatable bonds is 5. The monoisotopic (exact) mass is 362 g/mol. The fourth-order valence-corrected chi connectivity index (χ4v) is 3.89. The van der Waals surface area contributed by atoms with Crippen molar-refractivity contribution in [2.24, 2.45) is 5.92 Å². The molecule has 1 aliphatic rings. The third-order valence-corrected chi connectivity index (χ3v) is 5.58. The number of likely N-dealkylation sites (tertiary alicyclic amines) is 1. The van der Waals surface area contributed by atoms with E-state index in [0.29, 0.717) is 17.6 Å². The number of aromatic nitrogens is 4. The molecule has 1 atom stereocenters. The summed E-state index contributed by atoms with van der Waals surface area (Å²) in [5.41, 5.74) is -0.0476. The van der Waals surface area contributed by atoms with Crippen molar-refractivity contribution in [1.29, 1.82) is 0 Å². The van der Waals surface area contributed by atoms with Crippen LogP contribution in [0.2, 0.25) is 0 Å². The van der Waals surface area contributed by atoms with Gasteiger partial charge in [0.15, 0.2) is 0 Å². The van der Waals surface area contributed by atoms with E-state index in [1.54, 1.807) is 0 Å². The molecule has 2 aromatic rings. The van der Waals surface area contributed by atoms with E-state index in [2.05, 4.69) is 50.7 Å². The molecule has 0 aromatic carbocycles. The first kappa shape index (κ1) is 18.0. The molecule has 1 aliphatic heterocycles. The lowest BCUT2D eigenvalue weighted by molar-refractivity contribution is -0.117. The Kier molecular flexibility index (Phi) is 5.48. The zero-order chi connectivity index (χ0) is 17.9.